The summed E-state index contributed by atoms with van der Waals surface area (Å²) in [4.78, 5) is 15.1. The molecule has 1 amide bonds. The number of amides is 1. The van der Waals surface area contributed by atoms with E-state index in [0.717, 1.165) is 36.3 Å². The second kappa shape index (κ2) is 8.55. The Kier molecular flexibility index (Phi) is 5.87. The van der Waals surface area contributed by atoms with Crippen LogP contribution in [0.15, 0.2) is 88.9 Å². The first-order valence-electron chi connectivity index (χ1n) is 8.99. The van der Waals surface area contributed by atoms with Gasteiger partial charge in [-0.2, -0.15) is 0 Å². The zero-order valence-electron chi connectivity index (χ0n) is 15.6. The summed E-state index contributed by atoms with van der Waals surface area (Å²) in [5.74, 6) is 0.711. The summed E-state index contributed by atoms with van der Waals surface area (Å²) >= 11 is 5.78. The van der Waals surface area contributed by atoms with Gasteiger partial charge in [0.15, 0.2) is 0 Å². The molecule has 144 valence electrons. The first kappa shape index (κ1) is 19.9. The van der Waals surface area contributed by atoms with E-state index in [1.54, 1.807) is 12.0 Å². The largest absolute Gasteiger partial charge is 0.496 e. The fourth-order valence-corrected chi connectivity index (χ4v) is 4.15. The number of methoxy groups -OCH3 is 1. The van der Waals surface area contributed by atoms with Crippen LogP contribution < -0.4 is 9.64 Å². The van der Waals surface area contributed by atoms with Gasteiger partial charge in [-0.05, 0) is 98.2 Å². The van der Waals surface area contributed by atoms with E-state index in [9.17, 15) is 4.79 Å². The van der Waals surface area contributed by atoms with Gasteiger partial charge in [-0.1, -0.05) is 36.4 Å². The lowest BCUT2D eigenvalue weighted by atomic mass is 10.1. The number of hydrogen-bond acceptors (Lipinski definition) is 2. The lowest BCUT2D eigenvalue weighted by Crippen LogP contribution is -2.24. The molecule has 0 radical (unpaired) electrons. The Labute approximate surface area is 192 Å². The van der Waals surface area contributed by atoms with E-state index in [2.05, 4.69) is 38.5 Å². The van der Waals surface area contributed by atoms with Crippen molar-refractivity contribution in [2.75, 3.05) is 12.0 Å². The minimum absolute atomic E-state index is 0.0444. The molecule has 1 aliphatic rings. The number of carbonyl (C=O) groups excluding carboxylic acids is 1. The Morgan fingerprint density at radius 1 is 1.00 bits per heavy atom. The predicted octanol–water partition coefficient (Wildman–Crippen LogP) is 6.53. The van der Waals surface area contributed by atoms with Gasteiger partial charge in [0.25, 0.3) is 5.91 Å². The molecule has 0 fully saturated rings. The molecule has 3 nitrogen and oxygen atoms in total. The third kappa shape index (κ3) is 4.16. The molecule has 0 saturated carbocycles. The molecular weight excluding hydrogens is 541 g/mol. The highest BCUT2D eigenvalue weighted by atomic mass is 127. The van der Waals surface area contributed by atoms with Gasteiger partial charge in [0.2, 0.25) is 0 Å². The Hall–Kier alpha value is -2.38. The van der Waals surface area contributed by atoms with E-state index in [0.29, 0.717) is 5.57 Å². The molecule has 0 unspecified atom stereocenters. The molecule has 0 bridgehead atoms. The maximum absolute atomic E-state index is 13.4. The second-order valence-corrected chi connectivity index (χ2v) is 8.61. The Balaban J connectivity index is 1.79. The lowest BCUT2D eigenvalue weighted by molar-refractivity contribution is -0.113. The van der Waals surface area contributed by atoms with Crippen molar-refractivity contribution in [3.8, 4) is 5.75 Å². The van der Waals surface area contributed by atoms with Gasteiger partial charge in [-0.15, -0.1) is 0 Å². The van der Waals surface area contributed by atoms with Gasteiger partial charge in [0.05, 0.1) is 17.3 Å². The first-order valence-corrected chi connectivity index (χ1v) is 10.9. The van der Waals surface area contributed by atoms with Crippen molar-refractivity contribution < 1.29 is 9.53 Å². The average molecular weight is 558 g/mol. The molecule has 0 aromatic heterocycles. The number of rotatable bonds is 4. The van der Waals surface area contributed by atoms with Gasteiger partial charge in [-0.3, -0.25) is 9.69 Å². The molecule has 0 aliphatic carbocycles. The number of hydrogen-bond donors (Lipinski definition) is 0. The zero-order chi connectivity index (χ0) is 20.4. The Bertz CT molecular complexity index is 1120. The topological polar surface area (TPSA) is 29.5 Å². The van der Waals surface area contributed by atoms with E-state index in [-0.39, 0.29) is 5.91 Å². The van der Waals surface area contributed by atoms with Gasteiger partial charge < -0.3 is 4.74 Å². The highest BCUT2D eigenvalue weighted by Gasteiger charge is 2.30. The number of carbonyl (C=O) groups is 1. The molecule has 0 saturated heterocycles. The van der Waals surface area contributed by atoms with Crippen molar-refractivity contribution in [1.82, 2.24) is 0 Å². The normalized spacial score (nSPS) is 15.0. The van der Waals surface area contributed by atoms with Gasteiger partial charge in [0.1, 0.15) is 5.75 Å². The average Bonchev–Trinajstić information content (AvgIpc) is 3.06. The molecule has 3 aromatic rings. The molecule has 0 atom stereocenters. The summed E-state index contributed by atoms with van der Waals surface area (Å²) in [6, 6.07) is 23.7. The fraction of sp³-hybridized carbons (Fsp3) is 0.0417. The predicted molar refractivity (Wildman–Crippen MR) is 130 cm³/mol. The van der Waals surface area contributed by atoms with Gasteiger partial charge in [0, 0.05) is 14.8 Å². The summed E-state index contributed by atoms with van der Waals surface area (Å²) in [5, 5.41) is 0. The van der Waals surface area contributed by atoms with Crippen molar-refractivity contribution in [3.63, 3.8) is 0 Å². The van der Waals surface area contributed by atoms with E-state index >= 15 is 0 Å². The minimum atomic E-state index is -0.0444. The Morgan fingerprint density at radius 2 is 1.72 bits per heavy atom. The third-order valence-electron chi connectivity index (χ3n) is 4.64. The number of benzene rings is 3. The van der Waals surface area contributed by atoms with Crippen LogP contribution in [0.3, 0.4) is 0 Å². The van der Waals surface area contributed by atoms with E-state index in [4.69, 9.17) is 4.74 Å². The van der Waals surface area contributed by atoms with Crippen LogP contribution in [-0.4, -0.2) is 13.0 Å². The Morgan fingerprint density at radius 3 is 2.38 bits per heavy atom. The van der Waals surface area contributed by atoms with E-state index in [1.165, 1.54) is 0 Å². The summed E-state index contributed by atoms with van der Waals surface area (Å²) in [6.45, 7) is 0. The van der Waals surface area contributed by atoms with Crippen molar-refractivity contribution in [2.45, 2.75) is 0 Å². The van der Waals surface area contributed by atoms with Crippen LogP contribution >= 0.6 is 38.5 Å². The second-order valence-electron chi connectivity index (χ2n) is 6.51. The molecule has 3 aromatic carbocycles. The molecule has 0 spiro atoms. The van der Waals surface area contributed by atoms with Crippen LogP contribution in [0.1, 0.15) is 11.1 Å². The van der Waals surface area contributed by atoms with Gasteiger partial charge in [-0.25, -0.2) is 0 Å². The molecule has 1 heterocycles. The fourth-order valence-electron chi connectivity index (χ4n) is 3.24. The number of halogens is 2. The standard InChI is InChI=1S/C24H17BrINO2/c1-29-23-12-7-16(14-21(23)25)13-18-15-22(17-5-3-2-4-6-17)27(24(18)28)20-10-8-19(26)9-11-20/h2-15H,1H3. The molecular formula is C24H17BrINO2. The number of ether oxygens (including phenoxy) is 1. The summed E-state index contributed by atoms with van der Waals surface area (Å²) in [7, 11) is 1.63. The monoisotopic (exact) mass is 557 g/mol. The van der Waals surface area contributed by atoms with Crippen LogP contribution in [0.25, 0.3) is 11.8 Å². The van der Waals surface area contributed by atoms with Crippen molar-refractivity contribution in [2.24, 2.45) is 0 Å². The molecule has 4 rings (SSSR count). The molecule has 5 heteroatoms. The maximum atomic E-state index is 13.4. The first-order chi connectivity index (χ1) is 14.1. The zero-order valence-corrected chi connectivity index (χ0v) is 19.3. The van der Waals surface area contributed by atoms with E-state index < -0.39 is 0 Å². The van der Waals surface area contributed by atoms with Crippen LogP contribution in [0.4, 0.5) is 5.69 Å². The summed E-state index contributed by atoms with van der Waals surface area (Å²) in [6.07, 6.45) is 3.86. The smallest absolute Gasteiger partial charge is 0.262 e. The summed E-state index contributed by atoms with van der Waals surface area (Å²) in [5.41, 5.74) is 4.28. The highest BCUT2D eigenvalue weighted by Crippen LogP contribution is 2.36. The summed E-state index contributed by atoms with van der Waals surface area (Å²) < 4.78 is 7.27. The van der Waals surface area contributed by atoms with Crippen LogP contribution in [0, 0.1) is 3.57 Å². The van der Waals surface area contributed by atoms with Crippen molar-refractivity contribution >= 4 is 61.9 Å². The quantitative estimate of drug-likeness (QED) is 0.269. The molecule has 0 N–H and O–H groups in total. The van der Waals surface area contributed by atoms with Crippen LogP contribution in [0.5, 0.6) is 5.75 Å². The minimum Gasteiger partial charge on any atom is -0.496 e. The number of anilines is 1. The van der Waals surface area contributed by atoms with Crippen molar-refractivity contribution in [3.05, 3.63) is 104 Å². The van der Waals surface area contributed by atoms with Crippen LogP contribution in [0.2, 0.25) is 0 Å². The third-order valence-corrected chi connectivity index (χ3v) is 5.97. The van der Waals surface area contributed by atoms with Gasteiger partial charge >= 0.3 is 0 Å². The van der Waals surface area contributed by atoms with Crippen molar-refractivity contribution in [1.29, 1.82) is 0 Å². The highest BCUT2D eigenvalue weighted by molar-refractivity contribution is 14.1. The molecule has 1 aliphatic heterocycles. The lowest BCUT2D eigenvalue weighted by Gasteiger charge is -2.21. The SMILES string of the molecule is COc1ccc(C=C2C=C(c3ccccc3)N(c3ccc(I)cc3)C2=O)cc1Br. The number of nitrogens with zero attached hydrogens (tertiary/aromatic N) is 1. The molecule has 29 heavy (non-hydrogen) atoms. The maximum Gasteiger partial charge on any atom is 0.262 e. The van der Waals surface area contributed by atoms with Crippen LogP contribution in [-0.2, 0) is 4.79 Å². The van der Waals surface area contributed by atoms with E-state index in [1.807, 2.05) is 84.9 Å².